The summed E-state index contributed by atoms with van der Waals surface area (Å²) in [4.78, 5) is 24.9. The van der Waals surface area contributed by atoms with Crippen LogP contribution in [0.4, 0.5) is 5.69 Å². The summed E-state index contributed by atoms with van der Waals surface area (Å²) in [6.45, 7) is 5.32. The number of ether oxygens (including phenoxy) is 1. The van der Waals surface area contributed by atoms with Crippen molar-refractivity contribution in [3.8, 4) is 0 Å². The average Bonchev–Trinajstić information content (AvgIpc) is 2.65. The molecule has 0 aliphatic heterocycles. The topological polar surface area (TPSA) is 67.4 Å². The van der Waals surface area contributed by atoms with Gasteiger partial charge in [0.05, 0.1) is 11.3 Å². The van der Waals surface area contributed by atoms with Gasteiger partial charge >= 0.3 is 0 Å². The Morgan fingerprint density at radius 1 is 1.00 bits per heavy atom. The summed E-state index contributed by atoms with van der Waals surface area (Å²) in [5.74, 6) is -0.0401. The molecule has 0 saturated heterocycles. The van der Waals surface area contributed by atoms with Crippen LogP contribution in [0.15, 0.2) is 48.5 Å². The summed E-state index contributed by atoms with van der Waals surface area (Å²) in [5, 5.41) is 5.67. The van der Waals surface area contributed by atoms with Crippen molar-refractivity contribution in [1.29, 1.82) is 0 Å². The lowest BCUT2D eigenvalue weighted by molar-refractivity contribution is 0.0949. The van der Waals surface area contributed by atoms with Crippen LogP contribution in [0.1, 0.15) is 52.5 Å². The molecule has 2 N–H and O–H groups in total. The van der Waals surface area contributed by atoms with E-state index in [1.165, 1.54) is 5.56 Å². The number of carbonyl (C=O) groups excluding carboxylic acids is 2. The van der Waals surface area contributed by atoms with Gasteiger partial charge in [0.2, 0.25) is 0 Å². The fourth-order valence-corrected chi connectivity index (χ4v) is 2.52. The van der Waals surface area contributed by atoms with E-state index in [9.17, 15) is 9.59 Å². The lowest BCUT2D eigenvalue weighted by Gasteiger charge is -2.12. The van der Waals surface area contributed by atoms with Crippen LogP contribution in [0.5, 0.6) is 0 Å². The highest BCUT2D eigenvalue weighted by Gasteiger charge is 2.14. The minimum Gasteiger partial charge on any atom is -0.385 e. The zero-order valence-corrected chi connectivity index (χ0v) is 15.5. The SMILES string of the molecule is COCCCNC(=O)c1ccccc1NC(=O)c1ccc(C(C)C)cc1. The summed E-state index contributed by atoms with van der Waals surface area (Å²) in [6.07, 6.45) is 0.735. The van der Waals surface area contributed by atoms with Crippen molar-refractivity contribution in [3.05, 3.63) is 65.2 Å². The number of para-hydroxylation sites is 1. The molecule has 0 aliphatic carbocycles. The van der Waals surface area contributed by atoms with Gasteiger partial charge in [0.15, 0.2) is 0 Å². The Kier molecular flexibility index (Phi) is 7.36. The predicted octanol–water partition coefficient (Wildman–Crippen LogP) is 3.83. The number of hydrogen-bond donors (Lipinski definition) is 2. The van der Waals surface area contributed by atoms with Crippen LogP contribution in [0, 0.1) is 0 Å². The van der Waals surface area contributed by atoms with Crippen LogP contribution in [0.2, 0.25) is 0 Å². The van der Waals surface area contributed by atoms with E-state index in [1.54, 1.807) is 43.5 Å². The molecule has 0 aromatic heterocycles. The lowest BCUT2D eigenvalue weighted by atomic mass is 10.0. The second-order valence-corrected chi connectivity index (χ2v) is 6.38. The van der Waals surface area contributed by atoms with Gasteiger partial charge < -0.3 is 15.4 Å². The summed E-state index contributed by atoms with van der Waals surface area (Å²) >= 11 is 0. The Morgan fingerprint density at radius 3 is 2.35 bits per heavy atom. The van der Waals surface area contributed by atoms with Crippen LogP contribution in [-0.4, -0.2) is 32.1 Å². The molecule has 0 atom stereocenters. The third kappa shape index (κ3) is 5.43. The molecule has 0 spiro atoms. The summed E-state index contributed by atoms with van der Waals surface area (Å²) in [5.41, 5.74) is 2.67. The summed E-state index contributed by atoms with van der Waals surface area (Å²) < 4.78 is 4.97. The largest absolute Gasteiger partial charge is 0.385 e. The molecule has 2 amide bonds. The molecule has 5 nitrogen and oxygen atoms in total. The van der Waals surface area contributed by atoms with Gasteiger partial charge in [0.1, 0.15) is 0 Å². The number of benzene rings is 2. The van der Waals surface area contributed by atoms with Gasteiger partial charge in [-0.15, -0.1) is 0 Å². The van der Waals surface area contributed by atoms with E-state index in [0.717, 1.165) is 6.42 Å². The molecule has 2 aromatic rings. The second-order valence-electron chi connectivity index (χ2n) is 6.38. The fourth-order valence-electron chi connectivity index (χ4n) is 2.52. The van der Waals surface area contributed by atoms with Crippen molar-refractivity contribution in [2.75, 3.05) is 25.6 Å². The number of rotatable bonds is 8. The van der Waals surface area contributed by atoms with Gasteiger partial charge in [-0.05, 0) is 42.2 Å². The van der Waals surface area contributed by atoms with Crippen molar-refractivity contribution in [2.45, 2.75) is 26.2 Å². The Balaban J connectivity index is 2.06. The Morgan fingerprint density at radius 2 is 1.69 bits per heavy atom. The molecule has 0 aliphatic rings. The second kappa shape index (κ2) is 9.73. The van der Waals surface area contributed by atoms with Crippen LogP contribution < -0.4 is 10.6 Å². The third-order valence-corrected chi connectivity index (χ3v) is 4.07. The fraction of sp³-hybridized carbons (Fsp3) is 0.333. The van der Waals surface area contributed by atoms with E-state index in [4.69, 9.17) is 4.74 Å². The van der Waals surface area contributed by atoms with Crippen molar-refractivity contribution >= 4 is 17.5 Å². The minimum absolute atomic E-state index is 0.216. The number of anilines is 1. The van der Waals surface area contributed by atoms with E-state index < -0.39 is 0 Å². The highest BCUT2D eigenvalue weighted by molar-refractivity contribution is 6.09. The van der Waals surface area contributed by atoms with E-state index in [1.807, 2.05) is 12.1 Å². The maximum absolute atomic E-state index is 12.5. The van der Waals surface area contributed by atoms with Gasteiger partial charge in [-0.3, -0.25) is 9.59 Å². The molecule has 0 heterocycles. The standard InChI is InChI=1S/C21H26N2O3/c1-15(2)16-9-11-17(12-10-16)20(24)23-19-8-5-4-7-18(19)21(25)22-13-6-14-26-3/h4-5,7-12,15H,6,13-14H2,1-3H3,(H,22,25)(H,23,24). The molecule has 0 saturated carbocycles. The Labute approximate surface area is 154 Å². The van der Waals surface area contributed by atoms with Gasteiger partial charge in [-0.25, -0.2) is 0 Å². The third-order valence-electron chi connectivity index (χ3n) is 4.07. The molecule has 2 rings (SSSR count). The van der Waals surface area contributed by atoms with Crippen molar-refractivity contribution in [2.24, 2.45) is 0 Å². The van der Waals surface area contributed by atoms with Crippen molar-refractivity contribution < 1.29 is 14.3 Å². The van der Waals surface area contributed by atoms with Gasteiger partial charge in [-0.2, -0.15) is 0 Å². The van der Waals surface area contributed by atoms with E-state index in [-0.39, 0.29) is 11.8 Å². The smallest absolute Gasteiger partial charge is 0.255 e. The molecule has 0 unspecified atom stereocenters. The number of methoxy groups -OCH3 is 1. The average molecular weight is 354 g/mol. The van der Waals surface area contributed by atoms with Gasteiger partial charge in [0, 0.05) is 25.8 Å². The normalized spacial score (nSPS) is 10.6. The Hall–Kier alpha value is -2.66. The molecular formula is C21H26N2O3. The van der Waals surface area contributed by atoms with Crippen molar-refractivity contribution in [3.63, 3.8) is 0 Å². The zero-order chi connectivity index (χ0) is 18.9. The van der Waals surface area contributed by atoms with Crippen LogP contribution >= 0.6 is 0 Å². The highest BCUT2D eigenvalue weighted by atomic mass is 16.5. The number of hydrogen-bond acceptors (Lipinski definition) is 3. The van der Waals surface area contributed by atoms with Crippen LogP contribution in [-0.2, 0) is 4.74 Å². The first-order valence-corrected chi connectivity index (χ1v) is 8.80. The highest BCUT2D eigenvalue weighted by Crippen LogP contribution is 2.18. The molecule has 26 heavy (non-hydrogen) atoms. The lowest BCUT2D eigenvalue weighted by Crippen LogP contribution is -2.26. The first kappa shape index (κ1) is 19.7. The van der Waals surface area contributed by atoms with Crippen LogP contribution in [0.25, 0.3) is 0 Å². The number of amides is 2. The maximum atomic E-state index is 12.5. The van der Waals surface area contributed by atoms with Crippen LogP contribution in [0.3, 0.4) is 0 Å². The van der Waals surface area contributed by atoms with E-state index >= 15 is 0 Å². The molecule has 0 fully saturated rings. The summed E-state index contributed by atoms with van der Waals surface area (Å²) in [7, 11) is 1.63. The molecule has 0 bridgehead atoms. The molecule has 5 heteroatoms. The number of carbonyl (C=O) groups is 2. The quantitative estimate of drug-likeness (QED) is 0.708. The van der Waals surface area contributed by atoms with Crippen molar-refractivity contribution in [1.82, 2.24) is 5.32 Å². The van der Waals surface area contributed by atoms with E-state index in [0.29, 0.717) is 35.9 Å². The Bertz CT molecular complexity index is 739. The van der Waals surface area contributed by atoms with Gasteiger partial charge in [0.25, 0.3) is 11.8 Å². The molecule has 2 aromatic carbocycles. The molecule has 0 radical (unpaired) electrons. The first-order valence-electron chi connectivity index (χ1n) is 8.80. The first-order chi connectivity index (χ1) is 12.5. The number of nitrogens with one attached hydrogen (secondary N) is 2. The molecule has 138 valence electrons. The van der Waals surface area contributed by atoms with Gasteiger partial charge in [-0.1, -0.05) is 38.1 Å². The van der Waals surface area contributed by atoms with E-state index in [2.05, 4.69) is 24.5 Å². The predicted molar refractivity (Wildman–Crippen MR) is 104 cm³/mol. The zero-order valence-electron chi connectivity index (χ0n) is 15.5. The summed E-state index contributed by atoms with van der Waals surface area (Å²) in [6, 6.07) is 14.5. The molecular weight excluding hydrogens is 328 g/mol. The maximum Gasteiger partial charge on any atom is 0.255 e. The monoisotopic (exact) mass is 354 g/mol. The minimum atomic E-state index is -0.236.